The highest BCUT2D eigenvalue weighted by molar-refractivity contribution is 6.32. The number of carbonyl (C=O) groups is 2. The fourth-order valence-corrected chi connectivity index (χ4v) is 4.36. The van der Waals surface area contributed by atoms with Crippen molar-refractivity contribution in [3.05, 3.63) is 64.9 Å². The van der Waals surface area contributed by atoms with Crippen molar-refractivity contribution in [2.75, 3.05) is 23.7 Å². The number of rotatable bonds is 6. The molecule has 0 atom stereocenters. The van der Waals surface area contributed by atoms with Gasteiger partial charge in [0.25, 0.3) is 5.91 Å². The Bertz CT molecular complexity index is 1030. The van der Waals surface area contributed by atoms with Crippen LogP contribution in [0.3, 0.4) is 0 Å². The molecule has 0 aromatic heterocycles. The average Bonchev–Trinajstić information content (AvgIpc) is 3.35. The van der Waals surface area contributed by atoms with E-state index in [0.717, 1.165) is 30.8 Å². The summed E-state index contributed by atoms with van der Waals surface area (Å²) in [7, 11) is 0. The summed E-state index contributed by atoms with van der Waals surface area (Å²) in [5, 5.41) is 15.7. The zero-order chi connectivity index (χ0) is 20.7. The summed E-state index contributed by atoms with van der Waals surface area (Å²) in [6, 6.07) is 13.2. The van der Waals surface area contributed by atoms with Crippen LogP contribution in [0.15, 0.2) is 48.2 Å². The maximum Gasteiger partial charge on any atom is 0.335 e. The van der Waals surface area contributed by atoms with Crippen LogP contribution in [0.1, 0.15) is 47.2 Å². The number of hydrogen-bond acceptors (Lipinski definition) is 4. The van der Waals surface area contributed by atoms with E-state index >= 15 is 0 Å². The molecule has 0 bridgehead atoms. The normalized spacial score (nSPS) is 20.1. The smallest absolute Gasteiger partial charge is 0.335 e. The largest absolute Gasteiger partial charge is 0.478 e. The van der Waals surface area contributed by atoms with E-state index in [2.05, 4.69) is 39.8 Å². The molecule has 1 aliphatic carbocycles. The fraction of sp³-hybridized carbons (Fsp3) is 0.333. The first-order valence-corrected chi connectivity index (χ1v) is 10.6. The minimum atomic E-state index is -0.994. The van der Waals surface area contributed by atoms with Crippen LogP contribution in [0.5, 0.6) is 0 Å². The Hall–Kier alpha value is -3.12. The Morgan fingerprint density at radius 2 is 1.83 bits per heavy atom. The topological polar surface area (TPSA) is 81.7 Å². The van der Waals surface area contributed by atoms with Gasteiger partial charge in [0.15, 0.2) is 0 Å². The number of likely N-dealkylation sites (tertiary alicyclic amines) is 1. The molecule has 3 aliphatic rings. The molecule has 0 spiro atoms. The Kier molecular flexibility index (Phi) is 4.79. The number of carbonyl (C=O) groups excluding carboxylic acids is 1. The first-order chi connectivity index (χ1) is 14.6. The SMILES string of the molecule is O=C1Nc2ccc(C(=O)O)cc2/C1=C(/Nc1ccc(CN2CCCC2)cc1)C1CC1. The number of amides is 1. The van der Waals surface area contributed by atoms with Gasteiger partial charge in [0.2, 0.25) is 0 Å². The van der Waals surface area contributed by atoms with Crippen LogP contribution >= 0.6 is 0 Å². The van der Waals surface area contributed by atoms with Crippen molar-refractivity contribution < 1.29 is 14.7 Å². The van der Waals surface area contributed by atoms with Gasteiger partial charge < -0.3 is 15.7 Å². The van der Waals surface area contributed by atoms with Gasteiger partial charge in [-0.3, -0.25) is 9.69 Å². The Morgan fingerprint density at radius 1 is 1.10 bits per heavy atom. The number of anilines is 2. The van der Waals surface area contributed by atoms with E-state index in [-0.39, 0.29) is 11.5 Å². The predicted molar refractivity (Wildman–Crippen MR) is 116 cm³/mol. The Labute approximate surface area is 175 Å². The molecule has 2 heterocycles. The number of allylic oxidation sites excluding steroid dienone is 1. The molecule has 6 nitrogen and oxygen atoms in total. The number of nitrogens with zero attached hydrogens (tertiary/aromatic N) is 1. The minimum Gasteiger partial charge on any atom is -0.478 e. The first kappa shape index (κ1) is 18.9. The Morgan fingerprint density at radius 3 is 2.50 bits per heavy atom. The predicted octanol–water partition coefficient (Wildman–Crippen LogP) is 4.17. The molecule has 2 aromatic rings. The molecular weight excluding hydrogens is 378 g/mol. The number of nitrogens with one attached hydrogen (secondary N) is 2. The van der Waals surface area contributed by atoms with Gasteiger partial charge in [0.05, 0.1) is 11.1 Å². The summed E-state index contributed by atoms with van der Waals surface area (Å²) in [6.45, 7) is 3.32. The van der Waals surface area contributed by atoms with Gasteiger partial charge in [-0.25, -0.2) is 4.79 Å². The highest BCUT2D eigenvalue weighted by atomic mass is 16.4. The van der Waals surface area contributed by atoms with Crippen LogP contribution in [-0.2, 0) is 11.3 Å². The van der Waals surface area contributed by atoms with Crippen LogP contribution < -0.4 is 10.6 Å². The monoisotopic (exact) mass is 403 g/mol. The Balaban J connectivity index is 1.44. The zero-order valence-electron chi connectivity index (χ0n) is 16.8. The molecule has 6 heteroatoms. The van der Waals surface area contributed by atoms with Gasteiger partial charge in [0, 0.05) is 29.2 Å². The summed E-state index contributed by atoms with van der Waals surface area (Å²) in [5.74, 6) is -0.868. The van der Waals surface area contributed by atoms with Gasteiger partial charge in [-0.15, -0.1) is 0 Å². The molecule has 1 saturated carbocycles. The second-order valence-electron chi connectivity index (χ2n) is 8.39. The quantitative estimate of drug-likeness (QED) is 0.631. The van der Waals surface area contributed by atoms with Crippen LogP contribution in [0.4, 0.5) is 11.4 Å². The van der Waals surface area contributed by atoms with E-state index in [9.17, 15) is 14.7 Å². The van der Waals surface area contributed by atoms with Crippen molar-refractivity contribution in [3.63, 3.8) is 0 Å². The summed E-state index contributed by atoms with van der Waals surface area (Å²) in [4.78, 5) is 26.6. The molecule has 5 rings (SSSR count). The van der Waals surface area contributed by atoms with Crippen molar-refractivity contribution >= 4 is 28.8 Å². The lowest BCUT2D eigenvalue weighted by Crippen LogP contribution is -2.18. The highest BCUT2D eigenvalue weighted by Gasteiger charge is 2.35. The van der Waals surface area contributed by atoms with Crippen LogP contribution in [0, 0.1) is 5.92 Å². The minimum absolute atomic E-state index is 0.174. The van der Waals surface area contributed by atoms with Crippen LogP contribution in [0.2, 0.25) is 0 Å². The van der Waals surface area contributed by atoms with Crippen molar-refractivity contribution in [3.8, 4) is 0 Å². The maximum absolute atomic E-state index is 12.8. The molecule has 3 N–H and O–H groups in total. The van der Waals surface area contributed by atoms with E-state index in [1.54, 1.807) is 12.1 Å². The summed E-state index contributed by atoms with van der Waals surface area (Å²) >= 11 is 0. The number of fused-ring (bicyclic) bond motifs is 1. The van der Waals surface area contributed by atoms with Gasteiger partial charge in [0.1, 0.15) is 0 Å². The zero-order valence-corrected chi connectivity index (χ0v) is 16.8. The lowest BCUT2D eigenvalue weighted by Gasteiger charge is -2.16. The van der Waals surface area contributed by atoms with E-state index in [1.807, 2.05) is 0 Å². The second kappa shape index (κ2) is 7.61. The standard InChI is InChI=1S/C24H25N3O3/c28-23-21(19-13-17(24(29)30)7-10-20(19)26-23)22(16-5-6-16)25-18-8-3-15(4-9-18)14-27-11-1-2-12-27/h3-4,7-10,13,16,25H,1-2,5-6,11-12,14H2,(H,26,28)(H,29,30)/b22-21-. The van der Waals surface area contributed by atoms with E-state index in [0.29, 0.717) is 22.7 Å². The molecule has 154 valence electrons. The molecular formula is C24H25N3O3. The molecule has 2 aliphatic heterocycles. The lowest BCUT2D eigenvalue weighted by molar-refractivity contribution is -0.110. The molecule has 0 unspecified atom stereocenters. The third kappa shape index (κ3) is 3.71. The average molecular weight is 403 g/mol. The number of benzene rings is 2. The van der Waals surface area contributed by atoms with Crippen molar-refractivity contribution in [2.45, 2.75) is 32.2 Å². The van der Waals surface area contributed by atoms with Gasteiger partial charge >= 0.3 is 5.97 Å². The number of hydrogen-bond donors (Lipinski definition) is 3. The summed E-state index contributed by atoms with van der Waals surface area (Å²) in [5.41, 5.74) is 5.21. The van der Waals surface area contributed by atoms with Crippen molar-refractivity contribution in [2.24, 2.45) is 5.92 Å². The van der Waals surface area contributed by atoms with Gasteiger partial charge in [-0.1, -0.05) is 12.1 Å². The molecule has 30 heavy (non-hydrogen) atoms. The number of aromatic carboxylic acids is 1. The third-order valence-electron chi connectivity index (χ3n) is 6.10. The number of carboxylic acid groups (broad SMARTS) is 1. The van der Waals surface area contributed by atoms with E-state index in [1.165, 1.54) is 37.6 Å². The number of carboxylic acids is 1. The van der Waals surface area contributed by atoms with Crippen LogP contribution in [-0.4, -0.2) is 35.0 Å². The van der Waals surface area contributed by atoms with Crippen molar-refractivity contribution in [1.29, 1.82) is 0 Å². The first-order valence-electron chi connectivity index (χ1n) is 10.6. The highest BCUT2D eigenvalue weighted by Crippen LogP contribution is 2.44. The maximum atomic E-state index is 12.8. The molecule has 1 saturated heterocycles. The molecule has 2 aromatic carbocycles. The van der Waals surface area contributed by atoms with E-state index in [4.69, 9.17) is 0 Å². The van der Waals surface area contributed by atoms with Crippen molar-refractivity contribution in [1.82, 2.24) is 4.90 Å². The molecule has 0 radical (unpaired) electrons. The van der Waals surface area contributed by atoms with Gasteiger partial charge in [-0.2, -0.15) is 0 Å². The van der Waals surface area contributed by atoms with Gasteiger partial charge in [-0.05, 0) is 80.6 Å². The molecule has 2 fully saturated rings. The fourth-order valence-electron chi connectivity index (χ4n) is 4.36. The van der Waals surface area contributed by atoms with E-state index < -0.39 is 5.97 Å². The summed E-state index contributed by atoms with van der Waals surface area (Å²) in [6.07, 6.45) is 4.62. The van der Waals surface area contributed by atoms with Crippen LogP contribution in [0.25, 0.3) is 5.57 Å². The summed E-state index contributed by atoms with van der Waals surface area (Å²) < 4.78 is 0. The lowest BCUT2D eigenvalue weighted by atomic mass is 10.00. The third-order valence-corrected chi connectivity index (χ3v) is 6.10. The second-order valence-corrected chi connectivity index (χ2v) is 8.39. The molecule has 1 amide bonds.